The molecule has 0 radical (unpaired) electrons. The summed E-state index contributed by atoms with van der Waals surface area (Å²) < 4.78 is 37.1. The number of carbonyl (C=O) groups excluding carboxylic acids is 1. The molecule has 1 aliphatic heterocycles. The minimum absolute atomic E-state index is 0.155. The molecule has 2 rings (SSSR count). The molecule has 17 heavy (non-hydrogen) atoms. The van der Waals surface area contributed by atoms with Gasteiger partial charge in [-0.25, -0.2) is 0 Å². The highest BCUT2D eigenvalue weighted by Gasteiger charge is 2.30. The Morgan fingerprint density at radius 2 is 1.88 bits per heavy atom. The molecule has 2 nitrogen and oxygen atoms in total. The summed E-state index contributed by atoms with van der Waals surface area (Å²) in [6.45, 7) is 1.27. The van der Waals surface area contributed by atoms with E-state index in [2.05, 4.69) is 0 Å². The van der Waals surface area contributed by atoms with Crippen molar-refractivity contribution in [2.24, 2.45) is 0 Å². The molecule has 1 aliphatic rings. The van der Waals surface area contributed by atoms with Crippen LogP contribution in [-0.2, 0) is 11.0 Å². The van der Waals surface area contributed by atoms with Crippen LogP contribution in [0.3, 0.4) is 0 Å². The van der Waals surface area contributed by atoms with Crippen molar-refractivity contribution in [1.82, 2.24) is 4.90 Å². The van der Waals surface area contributed by atoms with E-state index < -0.39 is 11.7 Å². The van der Waals surface area contributed by atoms with Gasteiger partial charge in [-0.2, -0.15) is 13.2 Å². The van der Waals surface area contributed by atoms with Gasteiger partial charge in [0.2, 0.25) is 6.41 Å². The van der Waals surface area contributed by atoms with Crippen LogP contribution in [0.15, 0.2) is 24.3 Å². The standard InChI is InChI=1S/C12H12F3NO/c13-12(14,15)11-3-1-9(2-4-11)10-5-6-16(7-10)8-17/h1-4,8,10H,5-7H2/t10-/m0/s1. The maximum absolute atomic E-state index is 12.4. The Bertz CT molecular complexity index is 399. The molecule has 1 heterocycles. The second kappa shape index (κ2) is 4.39. The molecule has 0 aromatic heterocycles. The van der Waals surface area contributed by atoms with Crippen LogP contribution in [0, 0.1) is 0 Å². The van der Waals surface area contributed by atoms with Gasteiger partial charge in [0.25, 0.3) is 0 Å². The molecule has 92 valence electrons. The normalized spacial score (nSPS) is 20.6. The van der Waals surface area contributed by atoms with Gasteiger partial charge < -0.3 is 4.90 Å². The van der Waals surface area contributed by atoms with E-state index in [0.29, 0.717) is 13.1 Å². The number of rotatable bonds is 2. The van der Waals surface area contributed by atoms with E-state index in [0.717, 1.165) is 30.5 Å². The highest BCUT2D eigenvalue weighted by molar-refractivity contribution is 5.48. The van der Waals surface area contributed by atoms with E-state index in [1.807, 2.05) is 0 Å². The van der Waals surface area contributed by atoms with Crippen LogP contribution in [-0.4, -0.2) is 24.4 Å². The third-order valence-electron chi connectivity index (χ3n) is 3.08. The van der Waals surface area contributed by atoms with Gasteiger partial charge in [0.15, 0.2) is 0 Å². The number of nitrogens with zero attached hydrogens (tertiary/aromatic N) is 1. The molecule has 0 bridgehead atoms. The van der Waals surface area contributed by atoms with Crippen molar-refractivity contribution in [3.63, 3.8) is 0 Å². The highest BCUT2D eigenvalue weighted by Crippen LogP contribution is 2.32. The first kappa shape index (κ1) is 12.0. The molecule has 1 fully saturated rings. The summed E-state index contributed by atoms with van der Waals surface area (Å²) in [6, 6.07) is 5.20. The van der Waals surface area contributed by atoms with Crippen molar-refractivity contribution >= 4 is 6.41 Å². The molecular formula is C12H12F3NO. The maximum atomic E-state index is 12.4. The number of likely N-dealkylation sites (tertiary alicyclic amines) is 1. The average Bonchev–Trinajstić information content (AvgIpc) is 2.76. The van der Waals surface area contributed by atoms with Crippen LogP contribution < -0.4 is 0 Å². The molecule has 1 aromatic carbocycles. The van der Waals surface area contributed by atoms with Crippen LogP contribution in [0.2, 0.25) is 0 Å². The topological polar surface area (TPSA) is 20.3 Å². The Kier molecular flexibility index (Phi) is 3.09. The lowest BCUT2D eigenvalue weighted by molar-refractivity contribution is -0.137. The Labute approximate surface area is 97.0 Å². The monoisotopic (exact) mass is 243 g/mol. The molecule has 1 aromatic rings. The van der Waals surface area contributed by atoms with E-state index >= 15 is 0 Å². The zero-order valence-corrected chi connectivity index (χ0v) is 9.07. The molecule has 0 N–H and O–H groups in total. The van der Waals surface area contributed by atoms with E-state index in [9.17, 15) is 18.0 Å². The van der Waals surface area contributed by atoms with Gasteiger partial charge in [-0.15, -0.1) is 0 Å². The molecule has 0 aliphatic carbocycles. The van der Waals surface area contributed by atoms with Crippen LogP contribution in [0.25, 0.3) is 0 Å². The van der Waals surface area contributed by atoms with Crippen molar-refractivity contribution < 1.29 is 18.0 Å². The zero-order valence-electron chi connectivity index (χ0n) is 9.07. The number of amides is 1. The highest BCUT2D eigenvalue weighted by atomic mass is 19.4. The fraction of sp³-hybridized carbons (Fsp3) is 0.417. The first-order chi connectivity index (χ1) is 8.00. The van der Waals surface area contributed by atoms with Crippen LogP contribution in [0.4, 0.5) is 13.2 Å². The first-order valence-electron chi connectivity index (χ1n) is 5.37. The predicted octanol–water partition coefficient (Wildman–Crippen LogP) is 2.65. The summed E-state index contributed by atoms with van der Waals surface area (Å²) >= 11 is 0. The van der Waals surface area contributed by atoms with Crippen LogP contribution in [0.5, 0.6) is 0 Å². The van der Waals surface area contributed by atoms with Gasteiger partial charge in [-0.05, 0) is 24.1 Å². The number of carbonyl (C=O) groups is 1. The average molecular weight is 243 g/mol. The molecular weight excluding hydrogens is 231 g/mol. The third kappa shape index (κ3) is 2.60. The lowest BCUT2D eigenvalue weighted by Gasteiger charge is -2.12. The fourth-order valence-corrected chi connectivity index (χ4v) is 2.10. The largest absolute Gasteiger partial charge is 0.416 e. The van der Waals surface area contributed by atoms with Gasteiger partial charge in [0.05, 0.1) is 5.56 Å². The molecule has 1 saturated heterocycles. The Morgan fingerprint density at radius 3 is 2.35 bits per heavy atom. The maximum Gasteiger partial charge on any atom is 0.416 e. The van der Waals surface area contributed by atoms with Gasteiger partial charge in [0.1, 0.15) is 0 Å². The summed E-state index contributed by atoms with van der Waals surface area (Å²) in [5.41, 5.74) is 0.230. The van der Waals surface area contributed by atoms with E-state index in [1.54, 1.807) is 4.90 Å². The predicted molar refractivity (Wildman–Crippen MR) is 56.4 cm³/mol. The second-order valence-electron chi connectivity index (χ2n) is 4.21. The number of benzene rings is 1. The molecule has 1 amide bonds. The smallest absolute Gasteiger partial charge is 0.345 e. The summed E-state index contributed by atoms with van der Waals surface area (Å²) in [4.78, 5) is 12.2. The first-order valence-corrected chi connectivity index (χ1v) is 5.37. The zero-order chi connectivity index (χ0) is 12.5. The summed E-state index contributed by atoms with van der Waals surface area (Å²) in [5.74, 6) is 0.155. The molecule has 5 heteroatoms. The molecule has 0 spiro atoms. The van der Waals surface area contributed by atoms with E-state index in [4.69, 9.17) is 0 Å². The van der Waals surface area contributed by atoms with Crippen molar-refractivity contribution in [3.8, 4) is 0 Å². The molecule has 0 saturated carbocycles. The number of hydrogen-bond donors (Lipinski definition) is 0. The van der Waals surface area contributed by atoms with Crippen LogP contribution in [0.1, 0.15) is 23.5 Å². The Hall–Kier alpha value is -1.52. The Morgan fingerprint density at radius 1 is 1.24 bits per heavy atom. The van der Waals surface area contributed by atoms with Crippen molar-refractivity contribution in [1.29, 1.82) is 0 Å². The molecule has 1 atom stereocenters. The quantitative estimate of drug-likeness (QED) is 0.731. The third-order valence-corrected chi connectivity index (χ3v) is 3.08. The second-order valence-corrected chi connectivity index (χ2v) is 4.21. The van der Waals surface area contributed by atoms with Crippen LogP contribution >= 0.6 is 0 Å². The Balaban J connectivity index is 2.11. The fourth-order valence-electron chi connectivity index (χ4n) is 2.10. The van der Waals surface area contributed by atoms with Crippen molar-refractivity contribution in [2.45, 2.75) is 18.5 Å². The van der Waals surface area contributed by atoms with Gasteiger partial charge in [-0.1, -0.05) is 12.1 Å². The molecule has 0 unspecified atom stereocenters. The van der Waals surface area contributed by atoms with Crippen molar-refractivity contribution in [2.75, 3.05) is 13.1 Å². The number of halogens is 3. The number of hydrogen-bond acceptors (Lipinski definition) is 1. The van der Waals surface area contributed by atoms with Crippen molar-refractivity contribution in [3.05, 3.63) is 35.4 Å². The summed E-state index contributed by atoms with van der Waals surface area (Å²) in [5, 5.41) is 0. The van der Waals surface area contributed by atoms with E-state index in [-0.39, 0.29) is 5.92 Å². The lowest BCUT2D eigenvalue weighted by atomic mass is 9.97. The van der Waals surface area contributed by atoms with E-state index in [1.165, 1.54) is 12.1 Å². The van der Waals surface area contributed by atoms with Gasteiger partial charge >= 0.3 is 6.18 Å². The number of alkyl halides is 3. The summed E-state index contributed by atoms with van der Waals surface area (Å²) in [7, 11) is 0. The minimum atomic E-state index is -4.29. The summed E-state index contributed by atoms with van der Waals surface area (Å²) in [6.07, 6.45) is -2.70. The lowest BCUT2D eigenvalue weighted by Crippen LogP contribution is -2.17. The van der Waals surface area contributed by atoms with Gasteiger partial charge in [0, 0.05) is 19.0 Å². The van der Waals surface area contributed by atoms with Gasteiger partial charge in [-0.3, -0.25) is 4.79 Å². The SMILES string of the molecule is O=CN1CC[C@H](c2ccc(C(F)(F)F)cc2)C1. The minimum Gasteiger partial charge on any atom is -0.345 e.